The predicted molar refractivity (Wildman–Crippen MR) is 71.5 cm³/mol. The molecule has 0 unspecified atom stereocenters. The van der Waals surface area contributed by atoms with Gasteiger partial charge >= 0.3 is 0 Å². The molecule has 94 valence electrons. The number of ether oxygens (including phenoxy) is 1. The van der Waals surface area contributed by atoms with Gasteiger partial charge in [0.1, 0.15) is 5.75 Å². The molecule has 0 aromatic heterocycles. The molecule has 4 heteroatoms. The van der Waals surface area contributed by atoms with E-state index in [4.69, 9.17) is 4.74 Å². The molecule has 0 spiro atoms. The predicted octanol–water partition coefficient (Wildman–Crippen LogP) is 2.77. The van der Waals surface area contributed by atoms with Crippen LogP contribution in [0.15, 0.2) is 53.4 Å². The van der Waals surface area contributed by atoms with Crippen molar-refractivity contribution in [2.24, 2.45) is 0 Å². The molecule has 2 aromatic rings. The Morgan fingerprint density at radius 3 is 2.17 bits per heavy atom. The second kappa shape index (κ2) is 4.82. The highest BCUT2D eigenvalue weighted by atomic mass is 32.2. The van der Waals surface area contributed by atoms with Gasteiger partial charge in [0.05, 0.1) is 12.0 Å². The Balaban J connectivity index is 2.44. The summed E-state index contributed by atoms with van der Waals surface area (Å²) in [4.78, 5) is 0.329. The molecule has 0 radical (unpaired) electrons. The molecule has 0 atom stereocenters. The van der Waals surface area contributed by atoms with Gasteiger partial charge in [-0.2, -0.15) is 0 Å². The SMILES string of the molecule is COc1ccc(-c2cccc(S(C)(=O)=O)c2)cc1. The first kappa shape index (κ1) is 12.6. The molecule has 3 nitrogen and oxygen atoms in total. The molecule has 0 saturated carbocycles. The van der Waals surface area contributed by atoms with Crippen LogP contribution in [0.2, 0.25) is 0 Å². The standard InChI is InChI=1S/C14H14O3S/c1-17-13-8-6-11(7-9-13)12-4-3-5-14(10-12)18(2,15)16/h3-10H,1-2H3. The van der Waals surface area contributed by atoms with Crippen molar-refractivity contribution >= 4 is 9.84 Å². The van der Waals surface area contributed by atoms with E-state index in [2.05, 4.69) is 0 Å². The molecular formula is C14H14O3S. The highest BCUT2D eigenvalue weighted by Crippen LogP contribution is 2.24. The van der Waals surface area contributed by atoms with Crippen LogP contribution in [-0.4, -0.2) is 21.8 Å². The molecule has 0 heterocycles. The van der Waals surface area contributed by atoms with E-state index in [1.54, 1.807) is 25.3 Å². The smallest absolute Gasteiger partial charge is 0.175 e. The maximum Gasteiger partial charge on any atom is 0.175 e. The average molecular weight is 262 g/mol. The van der Waals surface area contributed by atoms with Gasteiger partial charge in [-0.25, -0.2) is 8.42 Å². The Bertz CT molecular complexity index is 643. The summed E-state index contributed by atoms with van der Waals surface area (Å²) in [5, 5.41) is 0. The molecule has 0 fully saturated rings. The van der Waals surface area contributed by atoms with Crippen LogP contribution in [-0.2, 0) is 9.84 Å². The number of hydrogen-bond donors (Lipinski definition) is 0. The van der Waals surface area contributed by atoms with Crippen LogP contribution in [0.4, 0.5) is 0 Å². The molecule has 18 heavy (non-hydrogen) atoms. The van der Waals surface area contributed by atoms with Crippen molar-refractivity contribution in [2.75, 3.05) is 13.4 Å². The quantitative estimate of drug-likeness (QED) is 0.854. The van der Waals surface area contributed by atoms with Crippen LogP contribution in [0, 0.1) is 0 Å². The van der Waals surface area contributed by atoms with Crippen LogP contribution in [0.1, 0.15) is 0 Å². The van der Waals surface area contributed by atoms with Crippen molar-refractivity contribution in [1.29, 1.82) is 0 Å². The number of hydrogen-bond acceptors (Lipinski definition) is 3. The van der Waals surface area contributed by atoms with E-state index in [-0.39, 0.29) is 0 Å². The lowest BCUT2D eigenvalue weighted by molar-refractivity contribution is 0.415. The summed E-state index contributed by atoms with van der Waals surface area (Å²) >= 11 is 0. The first-order chi connectivity index (χ1) is 8.50. The van der Waals surface area contributed by atoms with E-state index in [0.29, 0.717) is 4.90 Å². The molecule has 0 saturated heterocycles. The average Bonchev–Trinajstić information content (AvgIpc) is 2.38. The second-order valence-electron chi connectivity index (χ2n) is 4.03. The lowest BCUT2D eigenvalue weighted by Gasteiger charge is -2.05. The van der Waals surface area contributed by atoms with E-state index in [1.165, 1.54) is 6.26 Å². The largest absolute Gasteiger partial charge is 0.497 e. The van der Waals surface area contributed by atoms with Gasteiger partial charge in [0.25, 0.3) is 0 Å². The monoisotopic (exact) mass is 262 g/mol. The third-order valence-corrected chi connectivity index (χ3v) is 3.80. The molecule has 0 N–H and O–H groups in total. The summed E-state index contributed by atoms with van der Waals surface area (Å²) in [7, 11) is -1.56. The lowest BCUT2D eigenvalue weighted by atomic mass is 10.1. The Labute approximate surface area is 107 Å². The highest BCUT2D eigenvalue weighted by Gasteiger charge is 2.08. The fourth-order valence-electron chi connectivity index (χ4n) is 1.69. The molecule has 0 aliphatic heterocycles. The Kier molecular flexibility index (Phi) is 3.39. The highest BCUT2D eigenvalue weighted by molar-refractivity contribution is 7.90. The minimum atomic E-state index is -3.17. The van der Waals surface area contributed by atoms with Crippen LogP contribution in [0.3, 0.4) is 0 Å². The summed E-state index contributed by atoms with van der Waals surface area (Å²) in [5.74, 6) is 0.776. The Morgan fingerprint density at radius 1 is 0.944 bits per heavy atom. The van der Waals surface area contributed by atoms with Crippen molar-refractivity contribution in [2.45, 2.75) is 4.90 Å². The molecule has 0 bridgehead atoms. The lowest BCUT2D eigenvalue weighted by Crippen LogP contribution is -1.96. The first-order valence-corrected chi connectivity index (χ1v) is 7.34. The van der Waals surface area contributed by atoms with Gasteiger partial charge in [-0.1, -0.05) is 24.3 Å². The van der Waals surface area contributed by atoms with E-state index in [9.17, 15) is 8.42 Å². The normalized spacial score (nSPS) is 11.2. The maximum absolute atomic E-state index is 11.5. The summed E-state index contributed by atoms with van der Waals surface area (Å²) in [6.45, 7) is 0. The van der Waals surface area contributed by atoms with E-state index in [1.807, 2.05) is 30.3 Å². The van der Waals surface area contributed by atoms with E-state index in [0.717, 1.165) is 16.9 Å². The zero-order valence-electron chi connectivity index (χ0n) is 10.3. The number of rotatable bonds is 3. The van der Waals surface area contributed by atoms with Gasteiger partial charge in [0, 0.05) is 6.26 Å². The van der Waals surface area contributed by atoms with Gasteiger partial charge in [0.15, 0.2) is 9.84 Å². The zero-order valence-corrected chi connectivity index (χ0v) is 11.1. The number of methoxy groups -OCH3 is 1. The summed E-state index contributed by atoms with van der Waals surface area (Å²) < 4.78 is 28.1. The third-order valence-electron chi connectivity index (χ3n) is 2.69. The Morgan fingerprint density at radius 2 is 1.61 bits per heavy atom. The second-order valence-corrected chi connectivity index (χ2v) is 6.04. The minimum absolute atomic E-state index is 0.329. The van der Waals surface area contributed by atoms with Crippen LogP contribution >= 0.6 is 0 Å². The summed E-state index contributed by atoms with van der Waals surface area (Å²) in [6.07, 6.45) is 1.21. The van der Waals surface area contributed by atoms with Gasteiger partial charge in [-0.3, -0.25) is 0 Å². The van der Waals surface area contributed by atoms with Crippen LogP contribution < -0.4 is 4.74 Å². The topological polar surface area (TPSA) is 43.4 Å². The first-order valence-electron chi connectivity index (χ1n) is 5.45. The minimum Gasteiger partial charge on any atom is -0.497 e. The zero-order chi connectivity index (χ0) is 13.2. The third kappa shape index (κ3) is 2.71. The van der Waals surface area contributed by atoms with E-state index < -0.39 is 9.84 Å². The van der Waals surface area contributed by atoms with E-state index >= 15 is 0 Å². The van der Waals surface area contributed by atoms with Crippen molar-refractivity contribution in [3.63, 3.8) is 0 Å². The molecule has 0 amide bonds. The molecule has 2 aromatic carbocycles. The Hall–Kier alpha value is -1.81. The van der Waals surface area contributed by atoms with Gasteiger partial charge in [-0.15, -0.1) is 0 Å². The van der Waals surface area contributed by atoms with Crippen LogP contribution in [0.25, 0.3) is 11.1 Å². The van der Waals surface area contributed by atoms with Crippen molar-refractivity contribution < 1.29 is 13.2 Å². The van der Waals surface area contributed by atoms with Gasteiger partial charge in [0.2, 0.25) is 0 Å². The summed E-state index contributed by atoms with van der Waals surface area (Å²) in [6, 6.07) is 14.4. The number of sulfone groups is 1. The van der Waals surface area contributed by atoms with Crippen molar-refractivity contribution in [3.8, 4) is 16.9 Å². The number of benzene rings is 2. The van der Waals surface area contributed by atoms with Gasteiger partial charge in [-0.05, 0) is 35.4 Å². The van der Waals surface area contributed by atoms with Gasteiger partial charge < -0.3 is 4.74 Å². The van der Waals surface area contributed by atoms with Crippen LogP contribution in [0.5, 0.6) is 5.75 Å². The molecule has 0 aliphatic rings. The molecule has 0 aliphatic carbocycles. The maximum atomic E-state index is 11.5. The fraction of sp³-hybridized carbons (Fsp3) is 0.143. The van der Waals surface area contributed by atoms with Crippen molar-refractivity contribution in [3.05, 3.63) is 48.5 Å². The molecular weight excluding hydrogens is 248 g/mol. The molecule has 2 rings (SSSR count). The fourth-order valence-corrected chi connectivity index (χ4v) is 2.36. The van der Waals surface area contributed by atoms with Crippen molar-refractivity contribution in [1.82, 2.24) is 0 Å². The summed E-state index contributed by atoms with van der Waals surface area (Å²) in [5.41, 5.74) is 1.84.